The summed E-state index contributed by atoms with van der Waals surface area (Å²) in [5, 5.41) is 0.836. The van der Waals surface area contributed by atoms with E-state index in [0.29, 0.717) is 16.3 Å². The quantitative estimate of drug-likeness (QED) is 0.392. The van der Waals surface area contributed by atoms with Gasteiger partial charge in [-0.15, -0.1) is 0 Å². The normalized spacial score (nSPS) is 9.83. The van der Waals surface area contributed by atoms with Gasteiger partial charge in [-0.1, -0.05) is 65.1 Å². The smallest absolute Gasteiger partial charge is 0.339 e. The highest BCUT2D eigenvalue weighted by molar-refractivity contribution is 6.41. The SMILES string of the molecule is COC(=O)c1cnc(-c2ccccc2)c(Cl)c1.COC(=O)c1cnc(Cl)c(Cl)c1. The molecule has 0 aliphatic rings. The molecule has 29 heavy (non-hydrogen) atoms. The van der Waals surface area contributed by atoms with Crippen molar-refractivity contribution in [2.45, 2.75) is 0 Å². The van der Waals surface area contributed by atoms with Gasteiger partial charge in [0.1, 0.15) is 5.15 Å². The number of halogens is 3. The number of nitrogens with zero attached hydrogens (tertiary/aromatic N) is 2. The van der Waals surface area contributed by atoms with Crippen molar-refractivity contribution in [2.75, 3.05) is 14.2 Å². The second kappa shape index (κ2) is 10.8. The van der Waals surface area contributed by atoms with E-state index in [2.05, 4.69) is 19.4 Å². The topological polar surface area (TPSA) is 78.4 Å². The Morgan fingerprint density at radius 3 is 1.79 bits per heavy atom. The Labute approximate surface area is 182 Å². The van der Waals surface area contributed by atoms with Gasteiger partial charge in [-0.05, 0) is 12.1 Å². The number of rotatable bonds is 3. The predicted molar refractivity (Wildman–Crippen MR) is 112 cm³/mol. The van der Waals surface area contributed by atoms with E-state index in [9.17, 15) is 9.59 Å². The average Bonchev–Trinajstić information content (AvgIpc) is 2.75. The van der Waals surface area contributed by atoms with Crippen LogP contribution in [0.25, 0.3) is 11.3 Å². The molecule has 0 atom stereocenters. The number of methoxy groups -OCH3 is 2. The number of hydrogen-bond acceptors (Lipinski definition) is 6. The number of carbonyl (C=O) groups is 2. The summed E-state index contributed by atoms with van der Waals surface area (Å²) in [6, 6.07) is 12.5. The molecule has 0 bridgehead atoms. The molecule has 3 rings (SSSR count). The number of hydrogen-bond donors (Lipinski definition) is 0. The van der Waals surface area contributed by atoms with Crippen LogP contribution in [0.4, 0.5) is 0 Å². The fourth-order valence-corrected chi connectivity index (χ4v) is 2.67. The maximum Gasteiger partial charge on any atom is 0.339 e. The first kappa shape index (κ1) is 22.6. The van der Waals surface area contributed by atoms with Crippen LogP contribution in [0.3, 0.4) is 0 Å². The molecule has 3 aromatic rings. The van der Waals surface area contributed by atoms with E-state index in [1.165, 1.54) is 32.7 Å². The third-order valence-corrected chi connectivity index (χ3v) is 4.50. The Hall–Kier alpha value is -2.67. The van der Waals surface area contributed by atoms with Crippen LogP contribution in [-0.4, -0.2) is 36.1 Å². The van der Waals surface area contributed by atoms with Gasteiger partial charge in [0.15, 0.2) is 0 Å². The van der Waals surface area contributed by atoms with Crippen molar-refractivity contribution in [3.8, 4) is 11.3 Å². The molecule has 1 aromatic carbocycles. The highest BCUT2D eigenvalue weighted by atomic mass is 35.5. The van der Waals surface area contributed by atoms with Crippen LogP contribution >= 0.6 is 34.8 Å². The van der Waals surface area contributed by atoms with Gasteiger partial charge >= 0.3 is 11.9 Å². The Morgan fingerprint density at radius 1 is 0.793 bits per heavy atom. The molecular weight excluding hydrogens is 439 g/mol. The van der Waals surface area contributed by atoms with E-state index in [4.69, 9.17) is 34.8 Å². The first-order valence-electron chi connectivity index (χ1n) is 8.06. The minimum Gasteiger partial charge on any atom is -0.465 e. The van der Waals surface area contributed by atoms with Crippen molar-refractivity contribution < 1.29 is 19.1 Å². The minimum atomic E-state index is -0.485. The summed E-state index contributed by atoms with van der Waals surface area (Å²) in [7, 11) is 2.60. The van der Waals surface area contributed by atoms with Crippen molar-refractivity contribution in [3.63, 3.8) is 0 Å². The molecule has 0 aliphatic carbocycles. The molecule has 2 heterocycles. The molecule has 0 spiro atoms. The Balaban J connectivity index is 0.000000221. The highest BCUT2D eigenvalue weighted by Crippen LogP contribution is 2.26. The van der Waals surface area contributed by atoms with E-state index >= 15 is 0 Å². The predicted octanol–water partition coefficient (Wildman–Crippen LogP) is 5.36. The molecule has 150 valence electrons. The van der Waals surface area contributed by atoms with Crippen molar-refractivity contribution in [3.05, 3.63) is 81.2 Å². The lowest BCUT2D eigenvalue weighted by Gasteiger charge is -2.05. The molecule has 0 unspecified atom stereocenters. The summed E-state index contributed by atoms with van der Waals surface area (Å²) in [5.41, 5.74) is 2.19. The first-order valence-corrected chi connectivity index (χ1v) is 9.19. The molecule has 0 N–H and O–H groups in total. The fraction of sp³-hybridized carbons (Fsp3) is 0.100. The highest BCUT2D eigenvalue weighted by Gasteiger charge is 2.11. The lowest BCUT2D eigenvalue weighted by molar-refractivity contribution is 0.0591. The molecule has 9 heteroatoms. The van der Waals surface area contributed by atoms with E-state index in [0.717, 1.165) is 5.56 Å². The number of esters is 2. The van der Waals surface area contributed by atoms with Crippen molar-refractivity contribution in [1.29, 1.82) is 0 Å². The zero-order valence-electron chi connectivity index (χ0n) is 15.4. The Bertz CT molecular complexity index is 1010. The standard InChI is InChI=1S/C13H10ClNO2.C7H5Cl2NO2/c1-17-13(16)10-7-11(14)12(15-8-10)9-5-3-2-4-6-9;1-12-7(11)4-2-5(8)6(9)10-3-4/h2-8H,1H3;2-3H,1H3. The maximum absolute atomic E-state index is 11.3. The number of carbonyl (C=O) groups excluding carboxylic acids is 2. The Kier molecular flexibility index (Phi) is 8.39. The van der Waals surface area contributed by atoms with Crippen LogP contribution in [0.5, 0.6) is 0 Å². The molecule has 0 aliphatic heterocycles. The summed E-state index contributed by atoms with van der Waals surface area (Å²) >= 11 is 17.2. The molecule has 0 saturated heterocycles. The lowest BCUT2D eigenvalue weighted by Crippen LogP contribution is -2.02. The van der Waals surface area contributed by atoms with Crippen LogP contribution in [0.15, 0.2) is 54.9 Å². The first-order chi connectivity index (χ1) is 13.9. The summed E-state index contributed by atoms with van der Waals surface area (Å²) < 4.78 is 9.05. The third kappa shape index (κ3) is 6.15. The molecule has 2 aromatic heterocycles. The summed E-state index contributed by atoms with van der Waals surface area (Å²) in [5.74, 6) is -0.930. The molecule has 0 radical (unpaired) electrons. The van der Waals surface area contributed by atoms with Gasteiger partial charge in [0.2, 0.25) is 0 Å². The van der Waals surface area contributed by atoms with Crippen LogP contribution in [0.2, 0.25) is 15.2 Å². The monoisotopic (exact) mass is 452 g/mol. The van der Waals surface area contributed by atoms with Crippen LogP contribution in [-0.2, 0) is 9.47 Å². The van der Waals surface area contributed by atoms with E-state index < -0.39 is 11.9 Å². The number of benzene rings is 1. The lowest BCUT2D eigenvalue weighted by atomic mass is 10.1. The average molecular weight is 454 g/mol. The van der Waals surface area contributed by atoms with Crippen molar-refractivity contribution >= 4 is 46.7 Å². The van der Waals surface area contributed by atoms with E-state index in [1.807, 2.05) is 30.3 Å². The molecule has 0 amide bonds. The van der Waals surface area contributed by atoms with Gasteiger partial charge in [0.05, 0.1) is 41.1 Å². The Morgan fingerprint density at radius 2 is 1.31 bits per heavy atom. The number of aromatic nitrogens is 2. The zero-order valence-corrected chi connectivity index (χ0v) is 17.6. The molecule has 0 saturated carbocycles. The van der Waals surface area contributed by atoms with Gasteiger partial charge in [-0.25, -0.2) is 14.6 Å². The van der Waals surface area contributed by atoms with Crippen LogP contribution in [0.1, 0.15) is 20.7 Å². The largest absolute Gasteiger partial charge is 0.465 e. The minimum absolute atomic E-state index is 0.171. The van der Waals surface area contributed by atoms with Crippen LogP contribution < -0.4 is 0 Å². The number of ether oxygens (including phenoxy) is 2. The van der Waals surface area contributed by atoms with Crippen molar-refractivity contribution in [1.82, 2.24) is 9.97 Å². The van der Waals surface area contributed by atoms with Crippen LogP contribution in [0, 0.1) is 0 Å². The van der Waals surface area contributed by atoms with Gasteiger partial charge in [0, 0.05) is 18.0 Å². The van der Waals surface area contributed by atoms with Gasteiger partial charge in [-0.3, -0.25) is 4.98 Å². The number of pyridine rings is 2. The van der Waals surface area contributed by atoms with E-state index in [1.54, 1.807) is 6.07 Å². The molecular formula is C20H15Cl3N2O4. The van der Waals surface area contributed by atoms with Gasteiger partial charge in [0.25, 0.3) is 0 Å². The maximum atomic E-state index is 11.3. The summed E-state index contributed by atoms with van der Waals surface area (Å²) in [4.78, 5) is 30.1. The fourth-order valence-electron chi connectivity index (χ4n) is 2.13. The molecule has 6 nitrogen and oxygen atoms in total. The second-order valence-electron chi connectivity index (χ2n) is 5.40. The summed E-state index contributed by atoms with van der Waals surface area (Å²) in [6.07, 6.45) is 2.76. The van der Waals surface area contributed by atoms with Gasteiger partial charge < -0.3 is 9.47 Å². The third-order valence-electron chi connectivity index (χ3n) is 3.53. The van der Waals surface area contributed by atoms with E-state index in [-0.39, 0.29) is 15.7 Å². The van der Waals surface area contributed by atoms with Crippen molar-refractivity contribution in [2.24, 2.45) is 0 Å². The second-order valence-corrected chi connectivity index (χ2v) is 6.57. The van der Waals surface area contributed by atoms with Gasteiger partial charge in [-0.2, -0.15) is 0 Å². The zero-order chi connectivity index (χ0) is 21.4. The molecule has 0 fully saturated rings. The summed E-state index contributed by atoms with van der Waals surface area (Å²) in [6.45, 7) is 0.